The summed E-state index contributed by atoms with van der Waals surface area (Å²) in [6.07, 6.45) is 4.25. The molecule has 1 aromatic carbocycles. The van der Waals surface area contributed by atoms with E-state index >= 15 is 0 Å². The van der Waals surface area contributed by atoms with Crippen molar-refractivity contribution >= 4 is 22.3 Å². The summed E-state index contributed by atoms with van der Waals surface area (Å²) >= 11 is 0. The minimum absolute atomic E-state index is 0.593. The predicted molar refractivity (Wildman–Crippen MR) is 85.1 cm³/mol. The van der Waals surface area contributed by atoms with Crippen LogP contribution >= 0.6 is 0 Å². The smallest absolute Gasteiger partial charge is 0.0745 e. The van der Waals surface area contributed by atoms with E-state index in [-0.39, 0.29) is 0 Å². The average molecular weight is 270 g/mol. The summed E-state index contributed by atoms with van der Waals surface area (Å²) in [5.41, 5.74) is 9.17. The number of pyridine rings is 1. The first-order valence-corrected chi connectivity index (χ1v) is 7.21. The van der Waals surface area contributed by atoms with E-state index in [1.807, 2.05) is 12.1 Å². The lowest BCUT2D eigenvalue weighted by atomic mass is 10.0. The summed E-state index contributed by atoms with van der Waals surface area (Å²) in [7, 11) is 4.31. The van der Waals surface area contributed by atoms with Gasteiger partial charge in [-0.3, -0.25) is 4.98 Å². The number of nitrogens with zero attached hydrogens (tertiary/aromatic N) is 3. The maximum absolute atomic E-state index is 6.22. The summed E-state index contributed by atoms with van der Waals surface area (Å²) in [5, 5.41) is 1.16. The van der Waals surface area contributed by atoms with Crippen molar-refractivity contribution in [3.63, 3.8) is 0 Å². The predicted octanol–water partition coefficient (Wildman–Crippen LogP) is 2.35. The van der Waals surface area contributed by atoms with E-state index in [0.29, 0.717) is 6.04 Å². The number of nitrogens with two attached hydrogens (primary N) is 1. The van der Waals surface area contributed by atoms with Crippen molar-refractivity contribution in [1.82, 2.24) is 9.88 Å². The molecule has 4 heteroatoms. The van der Waals surface area contributed by atoms with Crippen LogP contribution in [0.15, 0.2) is 30.5 Å². The Hall–Kier alpha value is -1.81. The molecule has 1 unspecified atom stereocenters. The Morgan fingerprint density at radius 3 is 2.90 bits per heavy atom. The molecule has 1 aromatic heterocycles. The molecule has 1 aliphatic rings. The van der Waals surface area contributed by atoms with Crippen LogP contribution in [0.4, 0.5) is 11.4 Å². The fourth-order valence-electron chi connectivity index (χ4n) is 3.07. The van der Waals surface area contributed by atoms with Crippen LogP contribution in [-0.4, -0.2) is 43.1 Å². The summed E-state index contributed by atoms with van der Waals surface area (Å²) in [4.78, 5) is 9.16. The molecule has 2 N–H and O–H groups in total. The fourth-order valence-corrected chi connectivity index (χ4v) is 3.07. The third kappa shape index (κ3) is 2.31. The molecule has 1 aliphatic heterocycles. The molecule has 1 saturated heterocycles. The van der Waals surface area contributed by atoms with Gasteiger partial charge in [0, 0.05) is 24.5 Å². The number of nitrogen functional groups attached to an aromatic ring is 1. The molecule has 0 aliphatic carbocycles. The molecular weight excluding hydrogens is 248 g/mol. The van der Waals surface area contributed by atoms with Gasteiger partial charge in [0.25, 0.3) is 0 Å². The zero-order valence-electron chi connectivity index (χ0n) is 12.2. The number of rotatable bonds is 2. The van der Waals surface area contributed by atoms with Crippen molar-refractivity contribution in [2.45, 2.75) is 18.9 Å². The Labute approximate surface area is 120 Å². The van der Waals surface area contributed by atoms with Crippen LogP contribution in [-0.2, 0) is 0 Å². The first kappa shape index (κ1) is 13.2. The maximum atomic E-state index is 6.22. The van der Waals surface area contributed by atoms with E-state index in [1.165, 1.54) is 12.8 Å². The van der Waals surface area contributed by atoms with Crippen molar-refractivity contribution in [2.75, 3.05) is 37.8 Å². The quantitative estimate of drug-likeness (QED) is 0.910. The highest BCUT2D eigenvalue weighted by Crippen LogP contribution is 2.33. The van der Waals surface area contributed by atoms with Gasteiger partial charge in [-0.15, -0.1) is 0 Å². The number of likely N-dealkylation sites (N-methyl/N-ethyl adjacent to an activating group) is 1. The second-order valence-electron chi connectivity index (χ2n) is 5.78. The highest BCUT2D eigenvalue weighted by atomic mass is 15.2. The molecule has 0 saturated carbocycles. The van der Waals surface area contributed by atoms with Crippen molar-refractivity contribution in [3.05, 3.63) is 30.5 Å². The molecule has 1 atom stereocenters. The van der Waals surface area contributed by atoms with Crippen LogP contribution in [0.3, 0.4) is 0 Å². The Balaban J connectivity index is 2.02. The van der Waals surface area contributed by atoms with E-state index in [9.17, 15) is 0 Å². The van der Waals surface area contributed by atoms with Gasteiger partial charge in [0.15, 0.2) is 0 Å². The standard InChI is InChI=1S/C16H22N4/c1-19(2)12-6-5-9-20(11-12)16-13-7-3-4-8-15(13)18-10-14(16)17/h3-4,7-8,10,12H,5-6,9,11,17H2,1-2H3. The third-order valence-corrected chi connectivity index (χ3v) is 4.22. The number of fused-ring (bicyclic) bond motifs is 1. The summed E-state index contributed by atoms with van der Waals surface area (Å²) in [6, 6.07) is 8.84. The lowest BCUT2D eigenvalue weighted by Crippen LogP contribution is -2.45. The SMILES string of the molecule is CN(C)C1CCCN(c2c(N)cnc3ccccc23)C1. The zero-order chi connectivity index (χ0) is 14.1. The number of para-hydroxylation sites is 1. The van der Waals surface area contributed by atoms with E-state index in [1.54, 1.807) is 6.20 Å². The second kappa shape index (κ2) is 5.29. The van der Waals surface area contributed by atoms with Gasteiger partial charge in [-0.2, -0.15) is 0 Å². The van der Waals surface area contributed by atoms with Gasteiger partial charge in [0.2, 0.25) is 0 Å². The lowest BCUT2D eigenvalue weighted by molar-refractivity contribution is 0.258. The zero-order valence-corrected chi connectivity index (χ0v) is 12.2. The average Bonchev–Trinajstić information content (AvgIpc) is 2.47. The maximum Gasteiger partial charge on any atom is 0.0745 e. The Bertz CT molecular complexity index is 608. The Morgan fingerprint density at radius 1 is 1.30 bits per heavy atom. The largest absolute Gasteiger partial charge is 0.396 e. The van der Waals surface area contributed by atoms with Crippen LogP contribution in [0.5, 0.6) is 0 Å². The number of hydrogen-bond acceptors (Lipinski definition) is 4. The molecular formula is C16H22N4. The summed E-state index contributed by atoms with van der Waals surface area (Å²) < 4.78 is 0. The molecule has 2 heterocycles. The van der Waals surface area contributed by atoms with Crippen LogP contribution in [0.25, 0.3) is 10.9 Å². The Morgan fingerprint density at radius 2 is 2.10 bits per heavy atom. The minimum Gasteiger partial charge on any atom is -0.396 e. The van der Waals surface area contributed by atoms with E-state index in [0.717, 1.165) is 35.4 Å². The number of aromatic nitrogens is 1. The number of benzene rings is 1. The lowest BCUT2D eigenvalue weighted by Gasteiger charge is -2.38. The van der Waals surface area contributed by atoms with Crippen molar-refractivity contribution < 1.29 is 0 Å². The van der Waals surface area contributed by atoms with Gasteiger partial charge in [-0.05, 0) is 33.0 Å². The van der Waals surface area contributed by atoms with E-state index in [4.69, 9.17) is 5.73 Å². The molecule has 106 valence electrons. The highest BCUT2D eigenvalue weighted by molar-refractivity contribution is 5.97. The minimum atomic E-state index is 0.593. The topological polar surface area (TPSA) is 45.4 Å². The van der Waals surface area contributed by atoms with Crippen molar-refractivity contribution in [2.24, 2.45) is 0 Å². The number of hydrogen-bond donors (Lipinski definition) is 1. The van der Waals surface area contributed by atoms with Gasteiger partial charge in [0.05, 0.1) is 23.1 Å². The van der Waals surface area contributed by atoms with Crippen LogP contribution in [0, 0.1) is 0 Å². The van der Waals surface area contributed by atoms with Crippen LogP contribution < -0.4 is 10.6 Å². The molecule has 4 nitrogen and oxygen atoms in total. The van der Waals surface area contributed by atoms with Crippen molar-refractivity contribution in [3.8, 4) is 0 Å². The van der Waals surface area contributed by atoms with Crippen LogP contribution in [0.2, 0.25) is 0 Å². The summed E-state index contributed by atoms with van der Waals surface area (Å²) in [5.74, 6) is 0. The monoisotopic (exact) mass is 270 g/mol. The molecule has 20 heavy (non-hydrogen) atoms. The molecule has 2 aromatic rings. The van der Waals surface area contributed by atoms with Gasteiger partial charge in [-0.1, -0.05) is 18.2 Å². The van der Waals surface area contributed by atoms with E-state index in [2.05, 4.69) is 41.0 Å². The van der Waals surface area contributed by atoms with Gasteiger partial charge in [-0.25, -0.2) is 0 Å². The molecule has 0 bridgehead atoms. The van der Waals surface area contributed by atoms with Crippen molar-refractivity contribution in [1.29, 1.82) is 0 Å². The van der Waals surface area contributed by atoms with E-state index < -0.39 is 0 Å². The van der Waals surface area contributed by atoms with Gasteiger partial charge >= 0.3 is 0 Å². The van der Waals surface area contributed by atoms with Crippen LogP contribution in [0.1, 0.15) is 12.8 Å². The van der Waals surface area contributed by atoms with Gasteiger partial charge in [0.1, 0.15) is 0 Å². The first-order chi connectivity index (χ1) is 9.66. The molecule has 0 amide bonds. The normalized spacial score (nSPS) is 19.8. The fraction of sp³-hybridized carbons (Fsp3) is 0.438. The highest BCUT2D eigenvalue weighted by Gasteiger charge is 2.24. The van der Waals surface area contributed by atoms with Gasteiger partial charge < -0.3 is 15.5 Å². The second-order valence-corrected chi connectivity index (χ2v) is 5.78. The molecule has 3 rings (SSSR count). The molecule has 1 fully saturated rings. The summed E-state index contributed by atoms with van der Waals surface area (Å²) in [6.45, 7) is 2.10. The molecule has 0 radical (unpaired) electrons. The Kier molecular flexibility index (Phi) is 3.49. The first-order valence-electron chi connectivity index (χ1n) is 7.21. The molecule has 0 spiro atoms. The number of anilines is 2. The number of piperidine rings is 1. The third-order valence-electron chi connectivity index (χ3n) is 4.22.